The van der Waals surface area contributed by atoms with E-state index in [0.717, 1.165) is 34.3 Å². The minimum Gasteiger partial charge on any atom is -0.494 e. The lowest BCUT2D eigenvalue weighted by atomic mass is 10.1. The van der Waals surface area contributed by atoms with Crippen molar-refractivity contribution in [2.45, 2.75) is 30.4 Å². The van der Waals surface area contributed by atoms with Crippen LogP contribution >= 0.6 is 11.8 Å². The first kappa shape index (κ1) is 18.9. The van der Waals surface area contributed by atoms with Gasteiger partial charge in [-0.25, -0.2) is 13.4 Å². The number of benzene rings is 2. The molecule has 0 spiro atoms. The smallest absolute Gasteiger partial charge is 0.261 e. The van der Waals surface area contributed by atoms with Gasteiger partial charge < -0.3 is 9.30 Å². The molecule has 0 atom stereocenters. The lowest BCUT2D eigenvalue weighted by Gasteiger charge is -2.13. The first-order chi connectivity index (χ1) is 13.5. The van der Waals surface area contributed by atoms with Crippen LogP contribution in [0.2, 0.25) is 0 Å². The summed E-state index contributed by atoms with van der Waals surface area (Å²) in [5.74, 6) is 1.71. The predicted molar refractivity (Wildman–Crippen MR) is 112 cm³/mol. The van der Waals surface area contributed by atoms with Crippen LogP contribution in [0.25, 0.3) is 11.3 Å². The zero-order valence-corrected chi connectivity index (χ0v) is 17.3. The number of aromatic nitrogens is 2. The number of nitrogens with one attached hydrogen (secondary N) is 1. The van der Waals surface area contributed by atoms with Gasteiger partial charge in [0, 0.05) is 24.1 Å². The van der Waals surface area contributed by atoms with Gasteiger partial charge in [-0.05, 0) is 43.7 Å². The van der Waals surface area contributed by atoms with Gasteiger partial charge in [-0.3, -0.25) is 4.72 Å². The van der Waals surface area contributed by atoms with E-state index >= 15 is 0 Å². The van der Waals surface area contributed by atoms with Crippen molar-refractivity contribution >= 4 is 27.5 Å². The van der Waals surface area contributed by atoms with E-state index in [9.17, 15) is 8.42 Å². The van der Waals surface area contributed by atoms with Crippen molar-refractivity contribution in [1.29, 1.82) is 0 Å². The van der Waals surface area contributed by atoms with E-state index in [-0.39, 0.29) is 4.90 Å². The summed E-state index contributed by atoms with van der Waals surface area (Å²) >= 11 is 1.71. The number of para-hydroxylation sites is 1. The quantitative estimate of drug-likeness (QED) is 0.654. The van der Waals surface area contributed by atoms with Gasteiger partial charge in [0.1, 0.15) is 5.75 Å². The van der Waals surface area contributed by atoms with Gasteiger partial charge in [0.15, 0.2) is 5.16 Å². The van der Waals surface area contributed by atoms with Crippen LogP contribution in [0.15, 0.2) is 58.7 Å². The Morgan fingerprint density at radius 2 is 2.07 bits per heavy atom. The highest BCUT2D eigenvalue weighted by atomic mass is 32.2. The summed E-state index contributed by atoms with van der Waals surface area (Å²) in [7, 11) is -3.74. The molecular formula is C20H21N3O3S2. The van der Waals surface area contributed by atoms with Crippen LogP contribution in [-0.4, -0.2) is 30.3 Å². The number of hydrogen-bond donors (Lipinski definition) is 1. The summed E-state index contributed by atoms with van der Waals surface area (Å²) in [6.45, 7) is 5.19. The van der Waals surface area contributed by atoms with Crippen LogP contribution in [0.1, 0.15) is 12.5 Å². The van der Waals surface area contributed by atoms with Crippen LogP contribution in [0.4, 0.5) is 5.69 Å². The van der Waals surface area contributed by atoms with Crippen molar-refractivity contribution in [3.63, 3.8) is 0 Å². The van der Waals surface area contributed by atoms with Gasteiger partial charge >= 0.3 is 0 Å². The molecule has 146 valence electrons. The van der Waals surface area contributed by atoms with Crippen LogP contribution in [0.3, 0.4) is 0 Å². The summed E-state index contributed by atoms with van der Waals surface area (Å²) in [5.41, 5.74) is 2.82. The van der Waals surface area contributed by atoms with Crippen molar-refractivity contribution in [3.8, 4) is 17.0 Å². The number of hydrogen-bond acceptors (Lipinski definition) is 5. The zero-order chi connectivity index (χ0) is 19.7. The largest absolute Gasteiger partial charge is 0.494 e. The third-order valence-electron chi connectivity index (χ3n) is 4.51. The molecule has 0 amide bonds. The monoisotopic (exact) mass is 415 g/mol. The second kappa shape index (κ2) is 7.52. The normalized spacial score (nSPS) is 13.4. The third-order valence-corrected chi connectivity index (χ3v) is 6.84. The molecule has 1 aromatic heterocycles. The maximum Gasteiger partial charge on any atom is 0.261 e. The second-order valence-electron chi connectivity index (χ2n) is 6.46. The molecule has 1 N–H and O–H groups in total. The molecule has 0 saturated carbocycles. The Bertz CT molecular complexity index is 1100. The van der Waals surface area contributed by atoms with Crippen LogP contribution in [-0.2, 0) is 16.6 Å². The molecule has 28 heavy (non-hydrogen) atoms. The summed E-state index contributed by atoms with van der Waals surface area (Å²) in [5, 5.41) is 0.967. The minimum atomic E-state index is -3.74. The Kier molecular flexibility index (Phi) is 5.07. The van der Waals surface area contributed by atoms with E-state index in [4.69, 9.17) is 4.74 Å². The van der Waals surface area contributed by atoms with Crippen molar-refractivity contribution in [3.05, 3.63) is 54.2 Å². The van der Waals surface area contributed by atoms with Gasteiger partial charge in [-0.15, -0.1) is 0 Å². The van der Waals surface area contributed by atoms with E-state index in [1.165, 1.54) is 0 Å². The first-order valence-corrected chi connectivity index (χ1v) is 11.5. The number of anilines is 1. The molecule has 6 nitrogen and oxygen atoms in total. The minimum absolute atomic E-state index is 0.200. The Morgan fingerprint density at radius 1 is 1.25 bits per heavy atom. The maximum atomic E-state index is 13.0. The maximum absolute atomic E-state index is 13.0. The molecule has 1 aliphatic rings. The Labute approximate surface area is 169 Å². The lowest BCUT2D eigenvalue weighted by Crippen LogP contribution is -2.14. The summed E-state index contributed by atoms with van der Waals surface area (Å²) in [4.78, 5) is 4.85. The molecule has 0 unspecified atom stereocenters. The van der Waals surface area contributed by atoms with Gasteiger partial charge in [-0.1, -0.05) is 30.0 Å². The molecule has 2 aromatic carbocycles. The molecule has 3 aromatic rings. The molecule has 0 aliphatic carbocycles. The Hall–Kier alpha value is -2.45. The molecule has 0 radical (unpaired) electrons. The standard InChI is InChI=1S/C20H21N3O3S2/c1-3-26-19-9-8-15(12-14(19)2)28(24,25)22-17-7-5-4-6-16(17)18-13-23-10-11-27-20(23)21-18/h4-9,12-13,22H,3,10-11H2,1-2H3. The topological polar surface area (TPSA) is 73.2 Å². The molecule has 0 saturated heterocycles. The average molecular weight is 416 g/mol. The summed E-state index contributed by atoms with van der Waals surface area (Å²) in [6.07, 6.45) is 1.98. The number of aryl methyl sites for hydroxylation is 2. The summed E-state index contributed by atoms with van der Waals surface area (Å²) in [6, 6.07) is 12.2. The van der Waals surface area contributed by atoms with E-state index < -0.39 is 10.0 Å². The number of thioether (sulfide) groups is 1. The average Bonchev–Trinajstić information content (AvgIpc) is 3.25. The number of nitrogens with zero attached hydrogens (tertiary/aromatic N) is 2. The third kappa shape index (κ3) is 3.62. The number of ether oxygens (including phenoxy) is 1. The van der Waals surface area contributed by atoms with Crippen LogP contribution in [0.5, 0.6) is 5.75 Å². The van der Waals surface area contributed by atoms with Gasteiger partial charge in [0.25, 0.3) is 10.0 Å². The summed E-state index contributed by atoms with van der Waals surface area (Å²) < 4.78 is 36.2. The molecule has 0 bridgehead atoms. The van der Waals surface area contributed by atoms with Gasteiger partial charge in [0.05, 0.1) is 22.9 Å². The fourth-order valence-corrected chi connectivity index (χ4v) is 5.25. The van der Waals surface area contributed by atoms with Crippen molar-refractivity contribution in [2.75, 3.05) is 17.1 Å². The number of rotatable bonds is 6. The second-order valence-corrected chi connectivity index (χ2v) is 9.21. The fourth-order valence-electron chi connectivity index (χ4n) is 3.15. The zero-order valence-electron chi connectivity index (χ0n) is 15.7. The molecule has 0 fully saturated rings. The van der Waals surface area contributed by atoms with E-state index in [1.54, 1.807) is 36.0 Å². The highest BCUT2D eigenvalue weighted by Crippen LogP contribution is 2.33. The van der Waals surface area contributed by atoms with Crippen molar-refractivity contribution < 1.29 is 13.2 Å². The number of fused-ring (bicyclic) bond motifs is 1. The molecule has 1 aliphatic heterocycles. The van der Waals surface area contributed by atoms with Crippen LogP contribution in [0, 0.1) is 6.92 Å². The number of imidazole rings is 1. The fraction of sp³-hybridized carbons (Fsp3) is 0.250. The molecule has 8 heteroatoms. The van der Waals surface area contributed by atoms with Gasteiger partial charge in [-0.2, -0.15) is 0 Å². The van der Waals surface area contributed by atoms with Crippen molar-refractivity contribution in [2.24, 2.45) is 0 Å². The Morgan fingerprint density at radius 3 is 2.82 bits per heavy atom. The van der Waals surface area contributed by atoms with E-state index in [1.807, 2.05) is 38.2 Å². The highest BCUT2D eigenvalue weighted by molar-refractivity contribution is 7.99. The molecule has 2 heterocycles. The highest BCUT2D eigenvalue weighted by Gasteiger charge is 2.20. The SMILES string of the molecule is CCOc1ccc(S(=O)(=O)Nc2ccccc2-c2cn3c(n2)SCC3)cc1C. The molecular weight excluding hydrogens is 394 g/mol. The van der Waals surface area contributed by atoms with Gasteiger partial charge in [0.2, 0.25) is 0 Å². The number of sulfonamides is 1. The Balaban J connectivity index is 1.66. The van der Waals surface area contributed by atoms with E-state index in [2.05, 4.69) is 14.3 Å². The predicted octanol–water partition coefficient (Wildman–Crippen LogP) is 4.16. The first-order valence-electron chi connectivity index (χ1n) is 9.03. The molecule has 4 rings (SSSR count). The van der Waals surface area contributed by atoms with Crippen molar-refractivity contribution in [1.82, 2.24) is 9.55 Å². The van der Waals surface area contributed by atoms with Crippen LogP contribution < -0.4 is 9.46 Å². The van der Waals surface area contributed by atoms with E-state index in [0.29, 0.717) is 18.0 Å². The lowest BCUT2D eigenvalue weighted by molar-refractivity contribution is 0.337.